The van der Waals surface area contributed by atoms with Crippen LogP contribution < -0.4 is 5.73 Å². The van der Waals surface area contributed by atoms with Crippen molar-refractivity contribution in [2.24, 2.45) is 5.73 Å². The summed E-state index contributed by atoms with van der Waals surface area (Å²) in [4.78, 5) is 0. The van der Waals surface area contributed by atoms with E-state index in [-0.39, 0.29) is 6.04 Å². The van der Waals surface area contributed by atoms with Crippen molar-refractivity contribution in [2.75, 3.05) is 0 Å². The predicted molar refractivity (Wildman–Crippen MR) is 90.1 cm³/mol. The summed E-state index contributed by atoms with van der Waals surface area (Å²) in [6.45, 7) is 6.56. The zero-order chi connectivity index (χ0) is 14.7. The fourth-order valence-corrected chi connectivity index (χ4v) is 2.66. The largest absolute Gasteiger partial charge is 0.320 e. The molecule has 0 amide bonds. The van der Waals surface area contributed by atoms with Crippen LogP contribution in [0.4, 0.5) is 0 Å². The fraction of sp³-hybridized carbons (Fsp3) is 0.333. The minimum absolute atomic E-state index is 0.0714. The van der Waals surface area contributed by atoms with E-state index >= 15 is 0 Å². The SMILES string of the molecule is CCC(C)c1ccc(C(N)c2ccc(C)c(Br)c2)cc1. The molecule has 2 N–H and O–H groups in total. The van der Waals surface area contributed by atoms with Crippen LogP contribution >= 0.6 is 15.9 Å². The normalized spacial score (nSPS) is 14.1. The van der Waals surface area contributed by atoms with Crippen LogP contribution in [0.2, 0.25) is 0 Å². The van der Waals surface area contributed by atoms with Gasteiger partial charge in [0.2, 0.25) is 0 Å². The van der Waals surface area contributed by atoms with Crippen LogP contribution in [0.15, 0.2) is 46.9 Å². The first-order chi connectivity index (χ1) is 9.52. The van der Waals surface area contributed by atoms with Gasteiger partial charge in [-0.05, 0) is 47.6 Å². The number of aryl methyl sites for hydroxylation is 1. The van der Waals surface area contributed by atoms with Gasteiger partial charge < -0.3 is 5.73 Å². The highest BCUT2D eigenvalue weighted by Gasteiger charge is 2.11. The van der Waals surface area contributed by atoms with Gasteiger partial charge >= 0.3 is 0 Å². The lowest BCUT2D eigenvalue weighted by molar-refractivity contribution is 0.732. The summed E-state index contributed by atoms with van der Waals surface area (Å²) in [5.41, 5.74) is 11.3. The second-order valence-corrected chi connectivity index (χ2v) is 6.32. The lowest BCUT2D eigenvalue weighted by atomic mass is 9.94. The molecule has 0 aromatic heterocycles. The van der Waals surface area contributed by atoms with E-state index in [1.54, 1.807) is 0 Å². The average Bonchev–Trinajstić information content (AvgIpc) is 2.48. The van der Waals surface area contributed by atoms with E-state index in [4.69, 9.17) is 5.73 Å². The number of nitrogens with two attached hydrogens (primary N) is 1. The van der Waals surface area contributed by atoms with Gasteiger partial charge in [0.1, 0.15) is 0 Å². The molecule has 2 aromatic carbocycles. The van der Waals surface area contributed by atoms with Gasteiger partial charge in [0, 0.05) is 4.47 Å². The van der Waals surface area contributed by atoms with E-state index in [1.165, 1.54) is 11.1 Å². The molecule has 0 spiro atoms. The molecule has 2 aromatic rings. The van der Waals surface area contributed by atoms with Gasteiger partial charge in [0.15, 0.2) is 0 Å². The van der Waals surface area contributed by atoms with Crippen LogP contribution in [0.5, 0.6) is 0 Å². The summed E-state index contributed by atoms with van der Waals surface area (Å²) >= 11 is 3.57. The fourth-order valence-electron chi connectivity index (χ4n) is 2.26. The van der Waals surface area contributed by atoms with E-state index in [0.29, 0.717) is 5.92 Å². The molecule has 0 saturated carbocycles. The molecule has 0 aliphatic carbocycles. The van der Waals surface area contributed by atoms with E-state index in [2.05, 4.69) is 79.2 Å². The number of rotatable bonds is 4. The molecule has 0 aliphatic rings. The summed E-state index contributed by atoms with van der Waals surface area (Å²) in [5, 5.41) is 0. The third kappa shape index (κ3) is 3.31. The first-order valence-electron chi connectivity index (χ1n) is 7.14. The molecule has 0 heterocycles. The molecule has 0 bridgehead atoms. The predicted octanol–water partition coefficient (Wildman–Crippen LogP) is 5.32. The second kappa shape index (κ2) is 6.55. The maximum Gasteiger partial charge on any atom is 0.0552 e. The highest BCUT2D eigenvalue weighted by Crippen LogP contribution is 2.26. The molecule has 0 fully saturated rings. The maximum absolute atomic E-state index is 6.37. The Balaban J connectivity index is 2.24. The standard InChI is InChI=1S/C18H22BrN/c1-4-12(2)14-7-9-15(10-8-14)18(20)16-6-5-13(3)17(19)11-16/h5-12,18H,4,20H2,1-3H3. The Kier molecular flexibility index (Phi) is 5.00. The topological polar surface area (TPSA) is 26.0 Å². The van der Waals surface area contributed by atoms with Crippen LogP contribution in [0.3, 0.4) is 0 Å². The quantitative estimate of drug-likeness (QED) is 0.806. The average molecular weight is 332 g/mol. The zero-order valence-electron chi connectivity index (χ0n) is 12.4. The molecule has 2 atom stereocenters. The molecule has 106 valence electrons. The van der Waals surface area contributed by atoms with Gasteiger partial charge in [0.25, 0.3) is 0 Å². The number of hydrogen-bond acceptors (Lipinski definition) is 1. The van der Waals surface area contributed by atoms with Gasteiger partial charge in [-0.2, -0.15) is 0 Å². The molecular weight excluding hydrogens is 310 g/mol. The first-order valence-corrected chi connectivity index (χ1v) is 7.93. The van der Waals surface area contributed by atoms with E-state index in [1.807, 2.05) is 0 Å². The Bertz CT molecular complexity index is 574. The van der Waals surface area contributed by atoms with E-state index in [9.17, 15) is 0 Å². The number of halogens is 1. The van der Waals surface area contributed by atoms with Crippen molar-refractivity contribution in [1.29, 1.82) is 0 Å². The number of benzene rings is 2. The van der Waals surface area contributed by atoms with Gasteiger partial charge in [-0.15, -0.1) is 0 Å². The summed E-state index contributed by atoms with van der Waals surface area (Å²) in [6.07, 6.45) is 1.16. The summed E-state index contributed by atoms with van der Waals surface area (Å²) < 4.78 is 1.11. The molecule has 2 heteroatoms. The third-order valence-corrected chi connectivity index (χ3v) is 4.89. The van der Waals surface area contributed by atoms with E-state index in [0.717, 1.165) is 22.0 Å². The Hall–Kier alpha value is -1.12. The molecule has 0 aliphatic heterocycles. The smallest absolute Gasteiger partial charge is 0.0552 e. The van der Waals surface area contributed by atoms with Crippen molar-refractivity contribution in [3.05, 3.63) is 69.2 Å². The van der Waals surface area contributed by atoms with Gasteiger partial charge in [-0.3, -0.25) is 0 Å². The van der Waals surface area contributed by atoms with Gasteiger partial charge in [0.05, 0.1) is 6.04 Å². The van der Waals surface area contributed by atoms with Crippen molar-refractivity contribution in [2.45, 2.75) is 39.2 Å². The molecule has 2 unspecified atom stereocenters. The molecule has 2 rings (SSSR count). The minimum Gasteiger partial charge on any atom is -0.320 e. The van der Waals surface area contributed by atoms with Crippen molar-refractivity contribution in [3.8, 4) is 0 Å². The maximum atomic E-state index is 6.37. The lowest BCUT2D eigenvalue weighted by Crippen LogP contribution is -2.12. The van der Waals surface area contributed by atoms with Crippen LogP contribution in [0.1, 0.15) is 54.5 Å². The summed E-state index contributed by atoms with van der Waals surface area (Å²) in [5.74, 6) is 0.605. The number of hydrogen-bond donors (Lipinski definition) is 1. The van der Waals surface area contributed by atoms with Crippen molar-refractivity contribution in [1.82, 2.24) is 0 Å². The van der Waals surface area contributed by atoms with Gasteiger partial charge in [-0.25, -0.2) is 0 Å². The first kappa shape index (κ1) is 15.3. The molecule has 1 nitrogen and oxygen atoms in total. The summed E-state index contributed by atoms with van der Waals surface area (Å²) in [7, 11) is 0. The second-order valence-electron chi connectivity index (χ2n) is 5.46. The summed E-state index contributed by atoms with van der Waals surface area (Å²) in [6, 6.07) is 15.0. The Morgan fingerprint density at radius 3 is 2.10 bits per heavy atom. The molecule has 20 heavy (non-hydrogen) atoms. The monoisotopic (exact) mass is 331 g/mol. The minimum atomic E-state index is -0.0714. The Labute approximate surface area is 130 Å². The highest BCUT2D eigenvalue weighted by atomic mass is 79.9. The Morgan fingerprint density at radius 2 is 1.55 bits per heavy atom. The zero-order valence-corrected chi connectivity index (χ0v) is 13.9. The molecular formula is C18H22BrN. The van der Waals surface area contributed by atoms with Crippen LogP contribution in [-0.4, -0.2) is 0 Å². The van der Waals surface area contributed by atoms with Crippen molar-refractivity contribution < 1.29 is 0 Å². The van der Waals surface area contributed by atoms with Crippen LogP contribution in [-0.2, 0) is 0 Å². The van der Waals surface area contributed by atoms with Crippen LogP contribution in [0, 0.1) is 6.92 Å². The van der Waals surface area contributed by atoms with E-state index < -0.39 is 0 Å². The van der Waals surface area contributed by atoms with Crippen molar-refractivity contribution >= 4 is 15.9 Å². The molecule has 0 radical (unpaired) electrons. The lowest BCUT2D eigenvalue weighted by Gasteiger charge is -2.15. The molecule has 0 saturated heterocycles. The van der Waals surface area contributed by atoms with Crippen LogP contribution in [0.25, 0.3) is 0 Å². The highest BCUT2D eigenvalue weighted by molar-refractivity contribution is 9.10. The third-order valence-electron chi connectivity index (χ3n) is 4.03. The Morgan fingerprint density at radius 1 is 1.00 bits per heavy atom. The van der Waals surface area contributed by atoms with Crippen molar-refractivity contribution in [3.63, 3.8) is 0 Å². The van der Waals surface area contributed by atoms with Gasteiger partial charge in [-0.1, -0.05) is 66.2 Å².